The molecule has 0 radical (unpaired) electrons. The fraction of sp³-hybridized carbons (Fsp3) is 0.485. The summed E-state index contributed by atoms with van der Waals surface area (Å²) in [7, 11) is 1.54. The number of amides is 5. The molecule has 0 bridgehead atoms. The van der Waals surface area contributed by atoms with E-state index in [1.807, 2.05) is 44.2 Å². The molecule has 0 aliphatic carbocycles. The molecular weight excluding hydrogens is 562 g/mol. The number of phenolic OH excluding ortho intramolecular Hbond substituents is 1. The van der Waals surface area contributed by atoms with Crippen LogP contribution in [-0.4, -0.2) is 88.2 Å². The zero-order chi connectivity index (χ0) is 32.0. The Bertz CT molecular complexity index is 1350. The van der Waals surface area contributed by atoms with Crippen molar-refractivity contribution in [3.8, 4) is 5.75 Å². The van der Waals surface area contributed by atoms with E-state index in [0.717, 1.165) is 5.56 Å². The zero-order valence-corrected chi connectivity index (χ0v) is 25.8. The lowest BCUT2D eigenvalue weighted by Crippen LogP contribution is -2.59. The largest absolute Gasteiger partial charge is 0.508 e. The van der Waals surface area contributed by atoms with Crippen molar-refractivity contribution < 1.29 is 29.1 Å². The van der Waals surface area contributed by atoms with Crippen LogP contribution in [0.3, 0.4) is 0 Å². The van der Waals surface area contributed by atoms with Gasteiger partial charge in [0.25, 0.3) is 0 Å². The lowest BCUT2D eigenvalue weighted by molar-refractivity contribution is -0.144. The van der Waals surface area contributed by atoms with Crippen LogP contribution in [-0.2, 0) is 36.8 Å². The average Bonchev–Trinajstić information content (AvgIpc) is 3.52. The van der Waals surface area contributed by atoms with E-state index < -0.39 is 59.7 Å². The summed E-state index contributed by atoms with van der Waals surface area (Å²) in [6.45, 7) is 5.63. The van der Waals surface area contributed by atoms with Crippen molar-refractivity contribution in [3.05, 3.63) is 65.7 Å². The Morgan fingerprint density at radius 2 is 1.50 bits per heavy atom. The van der Waals surface area contributed by atoms with Crippen molar-refractivity contribution in [3.63, 3.8) is 0 Å². The van der Waals surface area contributed by atoms with E-state index in [1.54, 1.807) is 19.1 Å². The van der Waals surface area contributed by atoms with Gasteiger partial charge in [-0.1, -0.05) is 62.7 Å². The number of nitrogens with one attached hydrogen (secondary N) is 3. The van der Waals surface area contributed by atoms with E-state index in [0.29, 0.717) is 31.4 Å². The number of phenols is 1. The molecule has 11 heteroatoms. The van der Waals surface area contributed by atoms with Crippen molar-refractivity contribution in [2.24, 2.45) is 5.92 Å². The highest BCUT2D eigenvalue weighted by atomic mass is 16.3. The van der Waals surface area contributed by atoms with Gasteiger partial charge >= 0.3 is 0 Å². The summed E-state index contributed by atoms with van der Waals surface area (Å²) < 4.78 is 0. The van der Waals surface area contributed by atoms with Crippen molar-refractivity contribution in [2.45, 2.75) is 83.1 Å². The summed E-state index contributed by atoms with van der Waals surface area (Å²) in [4.78, 5) is 71.7. The Morgan fingerprint density at radius 1 is 0.841 bits per heavy atom. The Hall–Kier alpha value is -4.41. The monoisotopic (exact) mass is 605 g/mol. The van der Waals surface area contributed by atoms with Gasteiger partial charge in [0.15, 0.2) is 0 Å². The number of hydrogen-bond acceptors (Lipinski definition) is 6. The van der Waals surface area contributed by atoms with E-state index in [9.17, 15) is 29.1 Å². The van der Waals surface area contributed by atoms with Gasteiger partial charge in [0.2, 0.25) is 29.5 Å². The summed E-state index contributed by atoms with van der Waals surface area (Å²) in [5.41, 5.74) is 1.52. The molecule has 0 unspecified atom stereocenters. The normalized spacial score (nSPS) is 26.2. The molecule has 0 aromatic heterocycles. The quantitative estimate of drug-likeness (QED) is 0.393. The molecule has 236 valence electrons. The molecule has 0 spiro atoms. The molecule has 0 saturated carbocycles. The summed E-state index contributed by atoms with van der Waals surface area (Å²) in [5, 5.41) is 18.3. The first kappa shape index (κ1) is 32.5. The number of nitrogens with zero attached hydrogens (tertiary/aromatic N) is 2. The van der Waals surface area contributed by atoms with E-state index in [4.69, 9.17) is 0 Å². The summed E-state index contributed by atoms with van der Waals surface area (Å²) in [5.74, 6) is -2.58. The molecule has 2 fully saturated rings. The lowest BCUT2D eigenvalue weighted by Gasteiger charge is -2.34. The fourth-order valence-corrected chi connectivity index (χ4v) is 5.79. The molecular formula is C33H43N5O6. The first-order chi connectivity index (χ1) is 21.0. The third-order valence-corrected chi connectivity index (χ3v) is 8.75. The SMILES string of the molecule is CC[C@H](C)[C@@H]1NC(=O)[C@H](C)NC(=O)[C@@H]2CCCN2C(=O)[C@H](Cc2ccc(O)cc2)NC(=O)[C@H](Cc2ccccc2)N(C)C1=O. The molecule has 2 saturated heterocycles. The molecule has 6 atom stereocenters. The minimum atomic E-state index is -1.05. The maximum Gasteiger partial charge on any atom is 0.246 e. The van der Waals surface area contributed by atoms with Gasteiger partial charge in [0, 0.05) is 26.4 Å². The van der Waals surface area contributed by atoms with Crippen molar-refractivity contribution in [1.29, 1.82) is 0 Å². The van der Waals surface area contributed by atoms with Crippen LogP contribution in [0, 0.1) is 5.92 Å². The summed E-state index contributed by atoms with van der Waals surface area (Å²) >= 11 is 0. The van der Waals surface area contributed by atoms with Gasteiger partial charge < -0.3 is 30.9 Å². The minimum absolute atomic E-state index is 0.0682. The highest BCUT2D eigenvalue weighted by Gasteiger charge is 2.41. The van der Waals surface area contributed by atoms with Gasteiger partial charge in [-0.2, -0.15) is 0 Å². The van der Waals surface area contributed by atoms with Gasteiger partial charge in [-0.3, -0.25) is 24.0 Å². The Kier molecular flexibility index (Phi) is 10.6. The van der Waals surface area contributed by atoms with Crippen LogP contribution in [0.1, 0.15) is 51.2 Å². The van der Waals surface area contributed by atoms with Crippen molar-refractivity contribution in [1.82, 2.24) is 25.8 Å². The summed E-state index contributed by atoms with van der Waals surface area (Å²) in [6, 6.07) is 10.9. The fourth-order valence-electron chi connectivity index (χ4n) is 5.79. The second-order valence-electron chi connectivity index (χ2n) is 11.9. The maximum atomic E-state index is 14.1. The van der Waals surface area contributed by atoms with Crippen LogP contribution in [0.4, 0.5) is 0 Å². The topological polar surface area (TPSA) is 148 Å². The number of carbonyl (C=O) groups excluding carboxylic acids is 5. The van der Waals surface area contributed by atoms with Crippen molar-refractivity contribution >= 4 is 29.5 Å². The molecule has 2 aromatic rings. The Balaban J connectivity index is 1.78. The van der Waals surface area contributed by atoms with Crippen LogP contribution in [0.25, 0.3) is 0 Å². The van der Waals surface area contributed by atoms with Crippen LogP contribution >= 0.6 is 0 Å². The first-order valence-electron chi connectivity index (χ1n) is 15.3. The minimum Gasteiger partial charge on any atom is -0.508 e. The Morgan fingerprint density at radius 3 is 2.16 bits per heavy atom. The number of benzene rings is 2. The third-order valence-electron chi connectivity index (χ3n) is 8.75. The second-order valence-corrected chi connectivity index (χ2v) is 11.9. The highest BCUT2D eigenvalue weighted by Crippen LogP contribution is 2.22. The average molecular weight is 606 g/mol. The number of hydrogen-bond donors (Lipinski definition) is 4. The van der Waals surface area contributed by atoms with Crippen LogP contribution in [0.2, 0.25) is 0 Å². The standard InChI is InChI=1S/C33H43N5O6/c1-5-20(2)28-33(44)37(4)27(19-22-10-7-6-8-11-22)31(42)35-25(18-23-13-15-24(39)16-14-23)32(43)38-17-9-12-26(38)30(41)34-21(3)29(40)36-28/h6-8,10-11,13-16,20-21,25-28,39H,5,9,12,17-19H2,1-4H3,(H,34,41)(H,35,42)(H,36,40)/t20-,21-,25-,26-,27-,28-/m0/s1. The molecule has 2 aliphatic rings. The van der Waals surface area contributed by atoms with E-state index >= 15 is 0 Å². The molecule has 4 rings (SSSR count). The van der Waals surface area contributed by atoms with E-state index in [2.05, 4.69) is 16.0 Å². The number of carbonyl (C=O) groups is 5. The molecule has 2 heterocycles. The number of likely N-dealkylation sites (N-methyl/N-ethyl adjacent to an activating group) is 1. The molecule has 11 nitrogen and oxygen atoms in total. The second kappa shape index (κ2) is 14.4. The Labute approximate surface area is 258 Å². The predicted octanol–water partition coefficient (Wildman–Crippen LogP) is 1.53. The first-order valence-corrected chi connectivity index (χ1v) is 15.3. The van der Waals surface area contributed by atoms with Gasteiger partial charge in [-0.25, -0.2) is 0 Å². The number of fused-ring (bicyclic) bond motifs is 1. The van der Waals surface area contributed by atoms with Gasteiger partial charge in [-0.15, -0.1) is 0 Å². The van der Waals surface area contributed by atoms with Gasteiger partial charge in [-0.05, 0) is 48.9 Å². The van der Waals surface area contributed by atoms with E-state index in [1.165, 1.54) is 29.0 Å². The van der Waals surface area contributed by atoms with Gasteiger partial charge in [0.1, 0.15) is 36.0 Å². The molecule has 2 aromatic carbocycles. The highest BCUT2D eigenvalue weighted by molar-refractivity contribution is 5.98. The van der Waals surface area contributed by atoms with Crippen LogP contribution < -0.4 is 16.0 Å². The van der Waals surface area contributed by atoms with E-state index in [-0.39, 0.29) is 24.5 Å². The molecule has 5 amide bonds. The molecule has 4 N–H and O–H groups in total. The third kappa shape index (κ3) is 7.56. The van der Waals surface area contributed by atoms with Crippen LogP contribution in [0.5, 0.6) is 5.75 Å². The zero-order valence-electron chi connectivity index (χ0n) is 25.8. The smallest absolute Gasteiger partial charge is 0.246 e. The van der Waals surface area contributed by atoms with Gasteiger partial charge in [0.05, 0.1) is 0 Å². The lowest BCUT2D eigenvalue weighted by atomic mass is 9.95. The predicted molar refractivity (Wildman–Crippen MR) is 164 cm³/mol. The van der Waals surface area contributed by atoms with Crippen molar-refractivity contribution in [2.75, 3.05) is 13.6 Å². The maximum absolute atomic E-state index is 14.1. The number of rotatable bonds is 6. The van der Waals surface area contributed by atoms with Crippen LogP contribution in [0.15, 0.2) is 54.6 Å². The molecule has 44 heavy (non-hydrogen) atoms. The summed E-state index contributed by atoms with van der Waals surface area (Å²) in [6.07, 6.45) is 1.88. The molecule has 2 aliphatic heterocycles. The number of aromatic hydroxyl groups is 1.